The first kappa shape index (κ1) is 20.3. The molecular weight excluding hydrogens is 398 g/mol. The van der Waals surface area contributed by atoms with Crippen LogP contribution in [-0.2, 0) is 4.79 Å². The maximum absolute atomic E-state index is 12.3. The Balaban J connectivity index is 1.85. The number of carbonyl (C=O) groups excluding carboxylic acids is 1. The number of hydrogen-bond donors (Lipinski definition) is 2. The van der Waals surface area contributed by atoms with Gasteiger partial charge in [0.2, 0.25) is 11.9 Å². The molecule has 9 heteroatoms. The molecule has 2 heterocycles. The van der Waals surface area contributed by atoms with E-state index < -0.39 is 11.9 Å². The molecular formula is C22H23N5O4. The van der Waals surface area contributed by atoms with E-state index in [1.165, 1.54) is 0 Å². The highest BCUT2D eigenvalue weighted by Crippen LogP contribution is 2.37. The van der Waals surface area contributed by atoms with Crippen LogP contribution < -0.4 is 25.3 Å². The largest absolute Gasteiger partial charge is 0.497 e. The number of nitrogens with zero attached hydrogens (tertiary/aromatic N) is 3. The Labute approximate surface area is 179 Å². The van der Waals surface area contributed by atoms with Crippen LogP contribution in [0, 0.1) is 0 Å². The Kier molecular flexibility index (Phi) is 5.24. The average molecular weight is 421 g/mol. The molecule has 0 saturated heterocycles. The molecule has 1 aromatic heterocycles. The lowest BCUT2D eigenvalue weighted by Gasteiger charge is -2.27. The lowest BCUT2D eigenvalue weighted by molar-refractivity contribution is -0.115. The maximum Gasteiger partial charge on any atom is 0.248 e. The molecule has 0 aliphatic carbocycles. The van der Waals surface area contributed by atoms with Gasteiger partial charge >= 0.3 is 0 Å². The van der Waals surface area contributed by atoms with Crippen molar-refractivity contribution in [2.24, 2.45) is 5.73 Å². The predicted octanol–water partition coefficient (Wildman–Crippen LogP) is 2.75. The molecule has 9 nitrogen and oxygen atoms in total. The highest BCUT2D eigenvalue weighted by atomic mass is 16.5. The summed E-state index contributed by atoms with van der Waals surface area (Å²) in [4.78, 5) is 17.0. The van der Waals surface area contributed by atoms with Gasteiger partial charge in [0.05, 0.1) is 26.9 Å². The summed E-state index contributed by atoms with van der Waals surface area (Å²) in [6.45, 7) is 1.79. The molecule has 0 fully saturated rings. The highest BCUT2D eigenvalue weighted by Gasteiger charge is 2.33. The number of primary amides is 1. The molecule has 0 spiro atoms. The molecule has 2 aromatic carbocycles. The summed E-state index contributed by atoms with van der Waals surface area (Å²) >= 11 is 0. The summed E-state index contributed by atoms with van der Waals surface area (Å²) in [5.41, 5.74) is 8.32. The number of benzene rings is 2. The monoisotopic (exact) mass is 421 g/mol. The summed E-state index contributed by atoms with van der Waals surface area (Å²) in [6, 6.07) is 12.3. The number of aromatic nitrogens is 3. The Hall–Kier alpha value is -4.01. The molecule has 3 N–H and O–H groups in total. The molecule has 0 unspecified atom stereocenters. The molecule has 1 atom stereocenters. The summed E-state index contributed by atoms with van der Waals surface area (Å²) in [6.07, 6.45) is 0. The van der Waals surface area contributed by atoms with Crippen LogP contribution in [0.5, 0.6) is 17.2 Å². The number of fused-ring (bicyclic) bond motifs is 1. The third kappa shape index (κ3) is 3.65. The minimum Gasteiger partial charge on any atom is -0.497 e. The van der Waals surface area contributed by atoms with E-state index in [2.05, 4.69) is 10.3 Å². The Bertz CT molecular complexity index is 1140. The third-order valence-corrected chi connectivity index (χ3v) is 5.16. The van der Waals surface area contributed by atoms with Crippen molar-refractivity contribution < 1.29 is 19.0 Å². The Morgan fingerprint density at radius 3 is 2.16 bits per heavy atom. The van der Waals surface area contributed by atoms with Gasteiger partial charge in [0.15, 0.2) is 5.82 Å². The van der Waals surface area contributed by atoms with Gasteiger partial charge in [0.25, 0.3) is 0 Å². The lowest BCUT2D eigenvalue weighted by atomic mass is 9.95. The van der Waals surface area contributed by atoms with Crippen LogP contribution in [-0.4, -0.2) is 42.0 Å². The van der Waals surface area contributed by atoms with Crippen LogP contribution >= 0.6 is 0 Å². The second-order valence-electron chi connectivity index (χ2n) is 7.01. The number of ether oxygens (including phenoxy) is 3. The standard InChI is InChI=1S/C22H23N5O4/c1-12-18(20(23)28)19(13-5-7-15(29-2)8-6-13)27-22(24-12)25-21(26-27)14-9-16(30-3)11-17(10-14)31-4/h5-11,19H,1-4H3,(H2,23,28)(H,24,25,26)/t19-/m1/s1. The van der Waals surface area contributed by atoms with Gasteiger partial charge in [-0.15, -0.1) is 5.10 Å². The molecule has 1 aliphatic rings. The van der Waals surface area contributed by atoms with E-state index in [9.17, 15) is 4.79 Å². The second-order valence-corrected chi connectivity index (χ2v) is 7.01. The number of nitrogens with two attached hydrogens (primary N) is 1. The summed E-state index contributed by atoms with van der Waals surface area (Å²) < 4.78 is 17.6. The number of hydrogen-bond acceptors (Lipinski definition) is 7. The number of anilines is 1. The molecule has 0 saturated carbocycles. The first-order valence-electron chi connectivity index (χ1n) is 9.56. The van der Waals surface area contributed by atoms with Crippen molar-refractivity contribution in [3.05, 3.63) is 59.3 Å². The van der Waals surface area contributed by atoms with Crippen LogP contribution in [0.3, 0.4) is 0 Å². The van der Waals surface area contributed by atoms with Crippen molar-refractivity contribution in [2.45, 2.75) is 13.0 Å². The Morgan fingerprint density at radius 1 is 1.00 bits per heavy atom. The van der Waals surface area contributed by atoms with Crippen molar-refractivity contribution in [1.82, 2.24) is 14.8 Å². The third-order valence-electron chi connectivity index (χ3n) is 5.16. The highest BCUT2D eigenvalue weighted by molar-refractivity contribution is 5.95. The van der Waals surface area contributed by atoms with Crippen LogP contribution in [0.15, 0.2) is 53.7 Å². The van der Waals surface area contributed by atoms with Gasteiger partial charge < -0.3 is 25.3 Å². The zero-order valence-electron chi connectivity index (χ0n) is 17.7. The van der Waals surface area contributed by atoms with Crippen molar-refractivity contribution in [1.29, 1.82) is 0 Å². The van der Waals surface area contributed by atoms with Crippen LogP contribution in [0.1, 0.15) is 18.5 Å². The lowest BCUT2D eigenvalue weighted by Crippen LogP contribution is -2.31. The molecule has 1 amide bonds. The predicted molar refractivity (Wildman–Crippen MR) is 115 cm³/mol. The van der Waals surface area contributed by atoms with E-state index in [0.717, 1.165) is 5.56 Å². The smallest absolute Gasteiger partial charge is 0.248 e. The van der Waals surface area contributed by atoms with Crippen LogP contribution in [0.25, 0.3) is 11.4 Å². The SMILES string of the molecule is COc1ccc([C@@H]2C(C(N)=O)=C(C)Nc3nc(-c4cc(OC)cc(OC)c4)nn32)cc1. The molecule has 4 rings (SSSR count). The van der Waals surface area contributed by atoms with Crippen LogP contribution in [0.4, 0.5) is 5.95 Å². The molecule has 0 bridgehead atoms. The quantitative estimate of drug-likeness (QED) is 0.629. The van der Waals surface area contributed by atoms with Gasteiger partial charge in [0.1, 0.15) is 23.3 Å². The van der Waals surface area contributed by atoms with Gasteiger partial charge in [-0.05, 0) is 36.8 Å². The van der Waals surface area contributed by atoms with E-state index >= 15 is 0 Å². The fraction of sp³-hybridized carbons (Fsp3) is 0.227. The van der Waals surface area contributed by atoms with Crippen LogP contribution in [0.2, 0.25) is 0 Å². The Morgan fingerprint density at radius 2 is 1.61 bits per heavy atom. The molecule has 1 aliphatic heterocycles. The van der Waals surface area contributed by atoms with Crippen molar-refractivity contribution in [3.63, 3.8) is 0 Å². The number of rotatable bonds is 6. The second kappa shape index (κ2) is 8.02. The van der Waals surface area contributed by atoms with E-state index in [0.29, 0.717) is 45.9 Å². The number of amides is 1. The summed E-state index contributed by atoms with van der Waals surface area (Å²) in [5, 5.41) is 7.84. The number of allylic oxidation sites excluding steroid dienone is 1. The van der Waals surface area contributed by atoms with E-state index in [-0.39, 0.29) is 0 Å². The summed E-state index contributed by atoms with van der Waals surface area (Å²) in [5.74, 6) is 2.37. The number of nitrogens with one attached hydrogen (secondary N) is 1. The summed E-state index contributed by atoms with van der Waals surface area (Å²) in [7, 11) is 4.76. The maximum atomic E-state index is 12.3. The van der Waals surface area contributed by atoms with Gasteiger partial charge in [-0.25, -0.2) is 4.68 Å². The zero-order chi connectivity index (χ0) is 22.1. The first-order valence-corrected chi connectivity index (χ1v) is 9.56. The topological polar surface area (TPSA) is 114 Å². The number of methoxy groups -OCH3 is 3. The van der Waals surface area contributed by atoms with Gasteiger partial charge in [0, 0.05) is 17.3 Å². The van der Waals surface area contributed by atoms with Crippen molar-refractivity contribution in [2.75, 3.05) is 26.6 Å². The zero-order valence-corrected chi connectivity index (χ0v) is 17.7. The normalized spacial score (nSPS) is 15.2. The van der Waals surface area contributed by atoms with E-state index in [1.807, 2.05) is 36.4 Å². The van der Waals surface area contributed by atoms with Gasteiger partial charge in [-0.2, -0.15) is 4.98 Å². The van der Waals surface area contributed by atoms with Crippen molar-refractivity contribution >= 4 is 11.9 Å². The van der Waals surface area contributed by atoms with Gasteiger partial charge in [-0.1, -0.05) is 12.1 Å². The molecule has 3 aromatic rings. The number of carbonyl (C=O) groups is 1. The first-order chi connectivity index (χ1) is 14.9. The average Bonchev–Trinajstić information content (AvgIpc) is 3.21. The minimum absolute atomic E-state index is 0.414. The van der Waals surface area contributed by atoms with E-state index in [4.69, 9.17) is 25.0 Å². The fourth-order valence-electron chi connectivity index (χ4n) is 3.62. The molecule has 0 radical (unpaired) electrons. The van der Waals surface area contributed by atoms with E-state index in [1.54, 1.807) is 39.0 Å². The molecule has 31 heavy (non-hydrogen) atoms. The van der Waals surface area contributed by atoms with Gasteiger partial charge in [-0.3, -0.25) is 4.79 Å². The molecule has 160 valence electrons. The minimum atomic E-state index is -0.534. The van der Waals surface area contributed by atoms with Crippen molar-refractivity contribution in [3.8, 4) is 28.6 Å². The fourth-order valence-corrected chi connectivity index (χ4v) is 3.62.